The highest BCUT2D eigenvalue weighted by atomic mass is 19.1. The second kappa shape index (κ2) is 5.70. The van der Waals surface area contributed by atoms with Gasteiger partial charge in [0, 0.05) is 24.2 Å². The highest BCUT2D eigenvalue weighted by Gasteiger charge is 2.15. The topological polar surface area (TPSA) is 38.7 Å². The Hall–Kier alpha value is -1.29. The Balaban J connectivity index is 3.25. The quantitative estimate of drug-likeness (QED) is 0.840. The van der Waals surface area contributed by atoms with Crippen molar-refractivity contribution in [2.75, 3.05) is 20.8 Å². The SMILES string of the molecule is COc1cc(OC)c(C(C)CO)cc1CF. The van der Waals surface area contributed by atoms with Gasteiger partial charge in [0.15, 0.2) is 0 Å². The molecular weight excluding hydrogens is 211 g/mol. The molecule has 0 aliphatic heterocycles. The average Bonchev–Trinajstić information content (AvgIpc) is 2.35. The summed E-state index contributed by atoms with van der Waals surface area (Å²) in [5.74, 6) is 0.981. The number of hydrogen-bond acceptors (Lipinski definition) is 3. The van der Waals surface area contributed by atoms with Gasteiger partial charge in [-0.1, -0.05) is 6.92 Å². The molecule has 3 nitrogen and oxygen atoms in total. The highest BCUT2D eigenvalue weighted by Crippen LogP contribution is 2.33. The van der Waals surface area contributed by atoms with Gasteiger partial charge < -0.3 is 14.6 Å². The van der Waals surface area contributed by atoms with Crippen molar-refractivity contribution in [1.82, 2.24) is 0 Å². The molecule has 16 heavy (non-hydrogen) atoms. The molecule has 4 heteroatoms. The Labute approximate surface area is 94.8 Å². The smallest absolute Gasteiger partial charge is 0.128 e. The fourth-order valence-electron chi connectivity index (χ4n) is 1.58. The van der Waals surface area contributed by atoms with Crippen molar-refractivity contribution in [2.45, 2.75) is 19.5 Å². The van der Waals surface area contributed by atoms with Gasteiger partial charge in [0.25, 0.3) is 0 Å². The molecule has 0 bridgehead atoms. The molecule has 1 unspecified atom stereocenters. The van der Waals surface area contributed by atoms with Crippen LogP contribution in [-0.2, 0) is 6.67 Å². The molecule has 1 rings (SSSR count). The third-order valence-corrected chi connectivity index (χ3v) is 2.58. The Kier molecular flexibility index (Phi) is 4.55. The van der Waals surface area contributed by atoms with E-state index in [9.17, 15) is 4.39 Å². The molecule has 1 aromatic rings. The number of hydrogen-bond donors (Lipinski definition) is 1. The lowest BCUT2D eigenvalue weighted by molar-refractivity contribution is 0.269. The van der Waals surface area contributed by atoms with Crippen molar-refractivity contribution < 1.29 is 19.0 Å². The van der Waals surface area contributed by atoms with Crippen LogP contribution in [0, 0.1) is 0 Å². The zero-order valence-electron chi connectivity index (χ0n) is 9.79. The van der Waals surface area contributed by atoms with Gasteiger partial charge in [0.1, 0.15) is 18.2 Å². The van der Waals surface area contributed by atoms with Gasteiger partial charge in [-0.05, 0) is 11.6 Å². The molecule has 1 N–H and O–H groups in total. The normalized spacial score (nSPS) is 12.3. The molecule has 0 fully saturated rings. The van der Waals surface area contributed by atoms with Crippen LogP contribution in [0.4, 0.5) is 4.39 Å². The van der Waals surface area contributed by atoms with Gasteiger partial charge in [-0.2, -0.15) is 0 Å². The molecule has 0 saturated carbocycles. The zero-order chi connectivity index (χ0) is 12.1. The van der Waals surface area contributed by atoms with Crippen LogP contribution in [0.1, 0.15) is 24.0 Å². The van der Waals surface area contributed by atoms with E-state index < -0.39 is 6.67 Å². The minimum Gasteiger partial charge on any atom is -0.496 e. The van der Waals surface area contributed by atoms with Crippen LogP contribution in [0.3, 0.4) is 0 Å². The third kappa shape index (κ3) is 2.44. The summed E-state index contributed by atoms with van der Waals surface area (Å²) < 4.78 is 23.0. The predicted octanol–water partition coefficient (Wildman–Crippen LogP) is 2.27. The van der Waals surface area contributed by atoms with E-state index in [0.717, 1.165) is 5.56 Å². The molecule has 0 heterocycles. The van der Waals surface area contributed by atoms with E-state index in [2.05, 4.69) is 0 Å². The van der Waals surface area contributed by atoms with Crippen LogP contribution in [0.2, 0.25) is 0 Å². The molecule has 0 aliphatic carbocycles. The molecule has 0 saturated heterocycles. The van der Waals surface area contributed by atoms with Crippen molar-refractivity contribution in [2.24, 2.45) is 0 Å². The molecule has 0 radical (unpaired) electrons. The van der Waals surface area contributed by atoms with Gasteiger partial charge in [-0.25, -0.2) is 4.39 Å². The number of methoxy groups -OCH3 is 2. The molecule has 0 aliphatic rings. The van der Waals surface area contributed by atoms with Gasteiger partial charge in [-0.3, -0.25) is 0 Å². The highest BCUT2D eigenvalue weighted by molar-refractivity contribution is 5.47. The van der Waals surface area contributed by atoms with Gasteiger partial charge in [0.2, 0.25) is 0 Å². The van der Waals surface area contributed by atoms with Crippen LogP contribution < -0.4 is 9.47 Å². The minimum atomic E-state index is -0.599. The van der Waals surface area contributed by atoms with Gasteiger partial charge >= 0.3 is 0 Å². The third-order valence-electron chi connectivity index (χ3n) is 2.58. The van der Waals surface area contributed by atoms with Crippen molar-refractivity contribution >= 4 is 0 Å². The molecule has 0 spiro atoms. The van der Waals surface area contributed by atoms with Gasteiger partial charge in [0.05, 0.1) is 14.2 Å². The van der Waals surface area contributed by atoms with Crippen LogP contribution in [-0.4, -0.2) is 25.9 Å². The second-order valence-corrected chi connectivity index (χ2v) is 3.62. The molecule has 1 aromatic carbocycles. The fraction of sp³-hybridized carbons (Fsp3) is 0.500. The number of rotatable bonds is 5. The van der Waals surface area contributed by atoms with Gasteiger partial charge in [-0.15, -0.1) is 0 Å². The minimum absolute atomic E-state index is 0.00554. The standard InChI is InChI=1S/C12H17FO3/c1-8(7-14)10-4-9(6-13)11(15-2)5-12(10)16-3/h4-5,8,14H,6-7H2,1-3H3. The van der Waals surface area contributed by atoms with Crippen molar-refractivity contribution in [3.05, 3.63) is 23.3 Å². The summed E-state index contributed by atoms with van der Waals surface area (Å²) in [6.45, 7) is 1.25. The largest absolute Gasteiger partial charge is 0.496 e. The number of ether oxygens (including phenoxy) is 2. The Bertz CT molecular complexity index is 352. The maximum absolute atomic E-state index is 12.8. The monoisotopic (exact) mass is 228 g/mol. The molecule has 0 aromatic heterocycles. The Morgan fingerprint density at radius 2 is 1.88 bits per heavy atom. The summed E-state index contributed by atoms with van der Waals surface area (Å²) >= 11 is 0. The second-order valence-electron chi connectivity index (χ2n) is 3.62. The van der Waals surface area contributed by atoms with E-state index in [1.807, 2.05) is 6.92 Å². The fourth-order valence-corrected chi connectivity index (χ4v) is 1.58. The first kappa shape index (κ1) is 12.8. The number of aliphatic hydroxyl groups excluding tert-OH is 1. The summed E-state index contributed by atoms with van der Waals surface area (Å²) in [5, 5.41) is 9.12. The average molecular weight is 228 g/mol. The first-order chi connectivity index (χ1) is 7.67. The lowest BCUT2D eigenvalue weighted by Gasteiger charge is -2.16. The molecule has 1 atom stereocenters. The maximum atomic E-state index is 12.8. The summed E-state index contributed by atoms with van der Waals surface area (Å²) in [6.07, 6.45) is 0. The van der Waals surface area contributed by atoms with E-state index in [0.29, 0.717) is 17.1 Å². The summed E-state index contributed by atoms with van der Waals surface area (Å²) in [4.78, 5) is 0. The maximum Gasteiger partial charge on any atom is 0.128 e. The number of halogens is 1. The van der Waals surface area contributed by atoms with Crippen molar-refractivity contribution in [3.63, 3.8) is 0 Å². The van der Waals surface area contributed by atoms with Crippen LogP contribution in [0.25, 0.3) is 0 Å². The van der Waals surface area contributed by atoms with Crippen LogP contribution >= 0.6 is 0 Å². The summed E-state index contributed by atoms with van der Waals surface area (Å²) in [5.41, 5.74) is 1.26. The van der Waals surface area contributed by atoms with E-state index >= 15 is 0 Å². The van der Waals surface area contributed by atoms with E-state index in [4.69, 9.17) is 14.6 Å². The lowest BCUT2D eigenvalue weighted by Crippen LogP contribution is -2.04. The molecular formula is C12H17FO3. The number of alkyl halides is 1. The first-order valence-corrected chi connectivity index (χ1v) is 5.09. The van der Waals surface area contributed by atoms with E-state index in [-0.39, 0.29) is 12.5 Å². The van der Waals surface area contributed by atoms with Crippen LogP contribution in [0.5, 0.6) is 11.5 Å². The molecule has 90 valence electrons. The predicted molar refractivity (Wildman–Crippen MR) is 59.9 cm³/mol. The van der Waals surface area contributed by atoms with E-state index in [1.54, 1.807) is 12.1 Å². The summed E-state index contributed by atoms with van der Waals surface area (Å²) in [6, 6.07) is 3.33. The van der Waals surface area contributed by atoms with Crippen molar-refractivity contribution in [1.29, 1.82) is 0 Å². The Morgan fingerprint density at radius 3 is 2.31 bits per heavy atom. The van der Waals surface area contributed by atoms with Crippen molar-refractivity contribution in [3.8, 4) is 11.5 Å². The Morgan fingerprint density at radius 1 is 1.25 bits per heavy atom. The lowest BCUT2D eigenvalue weighted by atomic mass is 9.98. The number of aliphatic hydroxyl groups is 1. The number of benzene rings is 1. The molecule has 0 amide bonds. The zero-order valence-corrected chi connectivity index (χ0v) is 9.79. The first-order valence-electron chi connectivity index (χ1n) is 5.09. The van der Waals surface area contributed by atoms with E-state index in [1.165, 1.54) is 14.2 Å². The summed E-state index contributed by atoms with van der Waals surface area (Å²) in [7, 11) is 3.03. The van der Waals surface area contributed by atoms with Crippen LogP contribution in [0.15, 0.2) is 12.1 Å².